The number of allylic oxidation sites excluding steroid dienone is 3. The summed E-state index contributed by atoms with van der Waals surface area (Å²) < 4.78 is 5.25. The Morgan fingerprint density at radius 2 is 2.45 bits per heavy atom. The van der Waals surface area contributed by atoms with E-state index in [1.165, 1.54) is 0 Å². The molecule has 0 spiro atoms. The lowest BCUT2D eigenvalue weighted by molar-refractivity contribution is 0.433. The minimum atomic E-state index is 0.579. The van der Waals surface area contributed by atoms with Crippen molar-refractivity contribution in [3.05, 3.63) is 24.0 Å². The molecule has 1 unspecified atom stereocenters. The second-order valence-corrected chi connectivity index (χ2v) is 3.35. The summed E-state index contributed by atoms with van der Waals surface area (Å²) in [5, 5.41) is 0.579. The molecule has 0 radical (unpaired) electrons. The van der Waals surface area contributed by atoms with Crippen molar-refractivity contribution in [2.45, 2.75) is 20.3 Å². The van der Waals surface area contributed by atoms with Gasteiger partial charge in [0.25, 0.3) is 0 Å². The Balaban J connectivity index is 2.50. The van der Waals surface area contributed by atoms with Gasteiger partial charge in [-0.15, -0.1) is 0 Å². The second kappa shape index (κ2) is 3.67. The summed E-state index contributed by atoms with van der Waals surface area (Å²) >= 11 is 4.81. The van der Waals surface area contributed by atoms with Gasteiger partial charge in [0.15, 0.2) is 5.05 Å². The lowest BCUT2D eigenvalue weighted by atomic mass is 10.0. The molecule has 0 aliphatic heterocycles. The normalized spacial score (nSPS) is 22.7. The fraction of sp³-hybridized carbons (Fsp3) is 0.444. The largest absolute Gasteiger partial charge is 0.451 e. The average Bonchev–Trinajstić information content (AvgIpc) is 1.93. The highest BCUT2D eigenvalue weighted by Gasteiger charge is 2.03. The highest BCUT2D eigenvalue weighted by Crippen LogP contribution is 2.16. The summed E-state index contributed by atoms with van der Waals surface area (Å²) in [4.78, 5) is 0. The molecule has 1 nitrogen and oxygen atoms in total. The van der Waals surface area contributed by atoms with Crippen LogP contribution in [0, 0.1) is 5.92 Å². The van der Waals surface area contributed by atoms with Crippen LogP contribution >= 0.6 is 12.2 Å². The lowest BCUT2D eigenvalue weighted by Gasteiger charge is -2.11. The molecular formula is C9H12OS. The zero-order valence-corrected chi connectivity index (χ0v) is 7.65. The summed E-state index contributed by atoms with van der Waals surface area (Å²) in [6.07, 6.45) is 7.23. The molecular weight excluding hydrogens is 156 g/mol. The van der Waals surface area contributed by atoms with Gasteiger partial charge >= 0.3 is 0 Å². The first-order valence-corrected chi connectivity index (χ1v) is 4.16. The Morgan fingerprint density at radius 1 is 1.73 bits per heavy atom. The Labute approximate surface area is 72.7 Å². The molecule has 0 aromatic carbocycles. The van der Waals surface area contributed by atoms with Gasteiger partial charge in [0.2, 0.25) is 0 Å². The maximum atomic E-state index is 5.25. The fourth-order valence-electron chi connectivity index (χ4n) is 0.949. The summed E-state index contributed by atoms with van der Waals surface area (Å²) in [6.45, 7) is 3.95. The van der Waals surface area contributed by atoms with E-state index in [9.17, 15) is 0 Å². The molecule has 0 saturated carbocycles. The number of thiocarbonyl (C=S) groups is 1. The Bertz CT molecular complexity index is 216. The molecule has 2 heteroatoms. The molecule has 0 aromatic heterocycles. The number of rotatable bonds is 1. The molecule has 1 aliphatic rings. The van der Waals surface area contributed by atoms with Crippen molar-refractivity contribution in [1.82, 2.24) is 0 Å². The average molecular weight is 168 g/mol. The minimum Gasteiger partial charge on any atom is -0.451 e. The van der Waals surface area contributed by atoms with Crippen molar-refractivity contribution in [1.29, 1.82) is 0 Å². The van der Waals surface area contributed by atoms with Crippen molar-refractivity contribution in [2.24, 2.45) is 5.92 Å². The van der Waals surface area contributed by atoms with Crippen LogP contribution in [0.4, 0.5) is 0 Å². The molecule has 0 fully saturated rings. The van der Waals surface area contributed by atoms with Gasteiger partial charge in [0.1, 0.15) is 5.76 Å². The summed E-state index contributed by atoms with van der Waals surface area (Å²) in [5.41, 5.74) is 0. The summed E-state index contributed by atoms with van der Waals surface area (Å²) in [7, 11) is 0. The van der Waals surface area contributed by atoms with Gasteiger partial charge in [-0.2, -0.15) is 0 Å². The molecule has 0 aromatic rings. The first kappa shape index (κ1) is 8.47. The molecule has 0 heterocycles. The first-order chi connectivity index (χ1) is 5.18. The lowest BCUT2D eigenvalue weighted by Crippen LogP contribution is -2.00. The van der Waals surface area contributed by atoms with Crippen molar-refractivity contribution in [2.75, 3.05) is 0 Å². The van der Waals surface area contributed by atoms with Crippen LogP contribution in [0.2, 0.25) is 0 Å². The minimum absolute atomic E-state index is 0.579. The molecule has 0 amide bonds. The number of hydrogen-bond acceptors (Lipinski definition) is 2. The van der Waals surface area contributed by atoms with E-state index in [0.717, 1.165) is 12.2 Å². The van der Waals surface area contributed by atoms with Gasteiger partial charge < -0.3 is 4.74 Å². The summed E-state index contributed by atoms with van der Waals surface area (Å²) in [6, 6.07) is 0. The zero-order chi connectivity index (χ0) is 8.27. The van der Waals surface area contributed by atoms with Crippen molar-refractivity contribution >= 4 is 17.3 Å². The van der Waals surface area contributed by atoms with Crippen molar-refractivity contribution < 1.29 is 4.74 Å². The molecule has 0 N–H and O–H groups in total. The summed E-state index contributed by atoms with van der Waals surface area (Å²) in [5.74, 6) is 1.52. The van der Waals surface area contributed by atoms with Gasteiger partial charge in [-0.1, -0.05) is 13.0 Å². The maximum absolute atomic E-state index is 5.25. The standard InChI is InChI=1S/C9H12OS/c1-7-3-5-9(6-4-7)10-8(2)11/h3,5-7H,4H2,1-2H3. The third-order valence-electron chi connectivity index (χ3n) is 1.54. The molecule has 1 rings (SSSR count). The monoisotopic (exact) mass is 168 g/mol. The smallest absolute Gasteiger partial charge is 0.164 e. The first-order valence-electron chi connectivity index (χ1n) is 3.75. The Hall–Kier alpha value is -0.630. The van der Waals surface area contributed by atoms with Crippen LogP contribution in [0.3, 0.4) is 0 Å². The predicted molar refractivity (Wildman–Crippen MR) is 50.4 cm³/mol. The van der Waals surface area contributed by atoms with E-state index < -0.39 is 0 Å². The van der Waals surface area contributed by atoms with Crippen LogP contribution in [0.25, 0.3) is 0 Å². The Morgan fingerprint density at radius 3 is 2.91 bits per heavy atom. The van der Waals surface area contributed by atoms with Gasteiger partial charge in [0, 0.05) is 6.92 Å². The third-order valence-corrected chi connectivity index (χ3v) is 1.62. The van der Waals surface area contributed by atoms with Crippen LogP contribution in [-0.4, -0.2) is 5.05 Å². The quantitative estimate of drug-likeness (QED) is 0.557. The molecule has 0 bridgehead atoms. The topological polar surface area (TPSA) is 9.23 Å². The number of hydrogen-bond donors (Lipinski definition) is 0. The SMILES string of the molecule is CC(=S)OC1=CCC(C)C=C1. The third kappa shape index (κ3) is 2.85. The van der Waals surface area contributed by atoms with Crippen LogP contribution < -0.4 is 0 Å². The van der Waals surface area contributed by atoms with Crippen molar-refractivity contribution in [3.63, 3.8) is 0 Å². The van der Waals surface area contributed by atoms with Crippen LogP contribution in [0.5, 0.6) is 0 Å². The van der Waals surface area contributed by atoms with E-state index in [0.29, 0.717) is 11.0 Å². The maximum Gasteiger partial charge on any atom is 0.164 e. The Kier molecular flexibility index (Phi) is 2.83. The fourth-order valence-corrected chi connectivity index (χ4v) is 1.05. The van der Waals surface area contributed by atoms with Gasteiger partial charge in [-0.3, -0.25) is 0 Å². The predicted octanol–water partition coefficient (Wildman–Crippen LogP) is 2.83. The molecule has 0 saturated heterocycles. The van der Waals surface area contributed by atoms with Crippen LogP contribution in [-0.2, 0) is 4.74 Å². The molecule has 60 valence electrons. The van der Waals surface area contributed by atoms with E-state index in [4.69, 9.17) is 17.0 Å². The van der Waals surface area contributed by atoms with Crippen LogP contribution in [0.1, 0.15) is 20.3 Å². The van der Waals surface area contributed by atoms with E-state index in [1.807, 2.05) is 6.08 Å². The zero-order valence-electron chi connectivity index (χ0n) is 6.83. The molecule has 1 atom stereocenters. The van der Waals surface area contributed by atoms with E-state index in [-0.39, 0.29) is 0 Å². The molecule has 1 aliphatic carbocycles. The van der Waals surface area contributed by atoms with Gasteiger partial charge in [-0.05, 0) is 36.7 Å². The highest BCUT2D eigenvalue weighted by molar-refractivity contribution is 7.80. The van der Waals surface area contributed by atoms with Gasteiger partial charge in [0.05, 0.1) is 0 Å². The van der Waals surface area contributed by atoms with Crippen molar-refractivity contribution in [3.8, 4) is 0 Å². The molecule has 11 heavy (non-hydrogen) atoms. The number of ether oxygens (including phenoxy) is 1. The van der Waals surface area contributed by atoms with Crippen LogP contribution in [0.15, 0.2) is 24.0 Å². The van der Waals surface area contributed by atoms with E-state index in [1.54, 1.807) is 6.92 Å². The highest BCUT2D eigenvalue weighted by atomic mass is 32.1. The second-order valence-electron chi connectivity index (χ2n) is 2.77. The van der Waals surface area contributed by atoms with E-state index >= 15 is 0 Å². The van der Waals surface area contributed by atoms with E-state index in [2.05, 4.69) is 19.1 Å². The van der Waals surface area contributed by atoms with Gasteiger partial charge in [-0.25, -0.2) is 0 Å².